The van der Waals surface area contributed by atoms with Gasteiger partial charge in [0.25, 0.3) is 5.91 Å². The number of thiazole rings is 1. The van der Waals surface area contributed by atoms with Crippen LogP contribution in [0.2, 0.25) is 10.0 Å². The topological polar surface area (TPSA) is 71.5 Å². The molecule has 0 radical (unpaired) electrons. The molecule has 2 amide bonds. The molecule has 0 saturated heterocycles. The van der Waals surface area contributed by atoms with Crippen molar-refractivity contribution in [3.8, 4) is 16.3 Å². The summed E-state index contributed by atoms with van der Waals surface area (Å²) in [6.45, 7) is 1.99. The van der Waals surface area contributed by atoms with Gasteiger partial charge in [0.2, 0.25) is 5.91 Å². The first-order valence-electron chi connectivity index (χ1n) is 9.06. The Labute approximate surface area is 188 Å². The number of methoxy groups -OCH3 is 1. The number of nitrogens with one attached hydrogen (secondary N) is 1. The molecule has 0 bridgehead atoms. The molecule has 30 heavy (non-hydrogen) atoms. The molecule has 0 fully saturated rings. The number of aromatic nitrogens is 1. The molecular weight excluding hydrogens is 445 g/mol. The van der Waals surface area contributed by atoms with Crippen molar-refractivity contribution in [2.24, 2.45) is 0 Å². The van der Waals surface area contributed by atoms with Gasteiger partial charge >= 0.3 is 0 Å². The standard InChI is InChI=1S/C21H19Cl2N3O3S/c1-3-26(11-18(27)25-19-15(22)5-4-6-16(19)23)21(28)17-12-30-20(24-17)13-7-9-14(29-2)10-8-13/h4-10,12H,3,11H2,1-2H3,(H,25,27). The summed E-state index contributed by atoms with van der Waals surface area (Å²) in [4.78, 5) is 31.2. The average Bonchev–Trinajstić information content (AvgIpc) is 3.24. The van der Waals surface area contributed by atoms with E-state index in [1.807, 2.05) is 24.3 Å². The van der Waals surface area contributed by atoms with Gasteiger partial charge in [-0.2, -0.15) is 0 Å². The molecule has 1 aromatic heterocycles. The fraction of sp³-hybridized carbons (Fsp3) is 0.190. The van der Waals surface area contributed by atoms with Crippen LogP contribution in [0.1, 0.15) is 17.4 Å². The Morgan fingerprint density at radius 3 is 2.40 bits per heavy atom. The van der Waals surface area contributed by atoms with E-state index in [0.717, 1.165) is 11.3 Å². The lowest BCUT2D eigenvalue weighted by atomic mass is 10.2. The highest BCUT2D eigenvalue weighted by Crippen LogP contribution is 2.30. The Morgan fingerprint density at radius 1 is 1.13 bits per heavy atom. The second-order valence-corrected chi connectivity index (χ2v) is 7.90. The van der Waals surface area contributed by atoms with Gasteiger partial charge in [0, 0.05) is 17.5 Å². The second kappa shape index (κ2) is 9.93. The van der Waals surface area contributed by atoms with Gasteiger partial charge < -0.3 is 15.0 Å². The monoisotopic (exact) mass is 463 g/mol. The quantitative estimate of drug-likeness (QED) is 0.520. The van der Waals surface area contributed by atoms with Crippen molar-refractivity contribution in [1.82, 2.24) is 9.88 Å². The lowest BCUT2D eigenvalue weighted by Crippen LogP contribution is -2.38. The Morgan fingerprint density at radius 2 is 1.80 bits per heavy atom. The molecule has 9 heteroatoms. The van der Waals surface area contributed by atoms with Crippen LogP contribution < -0.4 is 10.1 Å². The summed E-state index contributed by atoms with van der Waals surface area (Å²) in [5.74, 6) is 0.0214. The molecule has 1 heterocycles. The average molecular weight is 464 g/mol. The molecule has 6 nitrogen and oxygen atoms in total. The van der Waals surface area contributed by atoms with Crippen molar-refractivity contribution in [3.05, 3.63) is 63.6 Å². The van der Waals surface area contributed by atoms with E-state index in [2.05, 4.69) is 10.3 Å². The van der Waals surface area contributed by atoms with E-state index in [4.69, 9.17) is 27.9 Å². The summed E-state index contributed by atoms with van der Waals surface area (Å²) < 4.78 is 5.16. The molecule has 0 spiro atoms. The third-order valence-electron chi connectivity index (χ3n) is 4.29. The third kappa shape index (κ3) is 5.11. The van der Waals surface area contributed by atoms with Gasteiger partial charge in [-0.1, -0.05) is 29.3 Å². The van der Waals surface area contributed by atoms with Gasteiger partial charge in [-0.15, -0.1) is 11.3 Å². The van der Waals surface area contributed by atoms with Gasteiger partial charge in [0.05, 0.1) is 22.8 Å². The maximum Gasteiger partial charge on any atom is 0.273 e. The van der Waals surface area contributed by atoms with E-state index in [1.165, 1.54) is 16.2 Å². The van der Waals surface area contributed by atoms with Crippen molar-refractivity contribution >= 4 is 52.0 Å². The van der Waals surface area contributed by atoms with Crippen molar-refractivity contribution in [3.63, 3.8) is 0 Å². The molecule has 2 aromatic carbocycles. The summed E-state index contributed by atoms with van der Waals surface area (Å²) in [6.07, 6.45) is 0. The molecule has 3 aromatic rings. The number of ether oxygens (including phenoxy) is 1. The van der Waals surface area contributed by atoms with Crippen LogP contribution in [0.3, 0.4) is 0 Å². The maximum absolute atomic E-state index is 12.9. The van der Waals surface area contributed by atoms with Crippen molar-refractivity contribution in [2.45, 2.75) is 6.92 Å². The van der Waals surface area contributed by atoms with Crippen molar-refractivity contribution in [2.75, 3.05) is 25.5 Å². The molecular formula is C21H19Cl2N3O3S. The van der Waals surface area contributed by atoms with Crippen LogP contribution >= 0.6 is 34.5 Å². The largest absolute Gasteiger partial charge is 0.497 e. The fourth-order valence-electron chi connectivity index (χ4n) is 2.70. The SMILES string of the molecule is CCN(CC(=O)Nc1c(Cl)cccc1Cl)C(=O)c1csc(-c2ccc(OC)cc2)n1. The van der Waals surface area contributed by atoms with Crippen LogP contribution in [0.25, 0.3) is 10.6 Å². The highest BCUT2D eigenvalue weighted by molar-refractivity contribution is 7.13. The molecule has 3 rings (SSSR count). The van der Waals surface area contributed by atoms with Gasteiger partial charge in [-0.3, -0.25) is 9.59 Å². The number of amides is 2. The van der Waals surface area contributed by atoms with Gasteiger partial charge in [0.15, 0.2) is 0 Å². The Balaban J connectivity index is 1.70. The van der Waals surface area contributed by atoms with Crippen LogP contribution in [0.4, 0.5) is 5.69 Å². The first-order valence-corrected chi connectivity index (χ1v) is 10.7. The van der Waals surface area contributed by atoms with E-state index in [1.54, 1.807) is 37.6 Å². The van der Waals surface area contributed by atoms with E-state index in [-0.39, 0.29) is 18.1 Å². The predicted octanol–water partition coefficient (Wildman–Crippen LogP) is 5.23. The van der Waals surface area contributed by atoms with Crippen LogP contribution in [-0.2, 0) is 4.79 Å². The van der Waals surface area contributed by atoms with Gasteiger partial charge in [0.1, 0.15) is 23.0 Å². The van der Waals surface area contributed by atoms with E-state index in [9.17, 15) is 9.59 Å². The summed E-state index contributed by atoms with van der Waals surface area (Å²) in [6, 6.07) is 12.4. The fourth-order valence-corrected chi connectivity index (χ4v) is 3.99. The first-order chi connectivity index (χ1) is 14.4. The minimum absolute atomic E-state index is 0.147. The number of anilines is 1. The second-order valence-electron chi connectivity index (χ2n) is 6.23. The number of carbonyl (C=O) groups is 2. The van der Waals surface area contributed by atoms with Gasteiger partial charge in [-0.05, 0) is 43.3 Å². The predicted molar refractivity (Wildman–Crippen MR) is 121 cm³/mol. The van der Waals surface area contributed by atoms with Crippen LogP contribution in [0.15, 0.2) is 47.8 Å². The molecule has 0 aliphatic carbocycles. The molecule has 1 N–H and O–H groups in total. The van der Waals surface area contributed by atoms with Crippen LogP contribution in [0.5, 0.6) is 5.75 Å². The van der Waals surface area contributed by atoms with Crippen molar-refractivity contribution < 1.29 is 14.3 Å². The number of hydrogen-bond donors (Lipinski definition) is 1. The number of rotatable bonds is 7. The smallest absolute Gasteiger partial charge is 0.273 e. The summed E-state index contributed by atoms with van der Waals surface area (Å²) in [7, 11) is 1.60. The lowest BCUT2D eigenvalue weighted by molar-refractivity contribution is -0.116. The zero-order valence-electron chi connectivity index (χ0n) is 16.3. The van der Waals surface area contributed by atoms with E-state index < -0.39 is 5.91 Å². The van der Waals surface area contributed by atoms with E-state index in [0.29, 0.717) is 27.3 Å². The normalized spacial score (nSPS) is 10.5. The molecule has 0 aliphatic heterocycles. The minimum atomic E-state index is -0.397. The minimum Gasteiger partial charge on any atom is -0.497 e. The van der Waals surface area contributed by atoms with Crippen LogP contribution in [-0.4, -0.2) is 41.9 Å². The molecule has 0 saturated carbocycles. The van der Waals surface area contributed by atoms with Crippen molar-refractivity contribution in [1.29, 1.82) is 0 Å². The number of nitrogens with zero attached hydrogens (tertiary/aromatic N) is 2. The number of para-hydroxylation sites is 1. The lowest BCUT2D eigenvalue weighted by Gasteiger charge is -2.19. The highest BCUT2D eigenvalue weighted by atomic mass is 35.5. The summed E-state index contributed by atoms with van der Waals surface area (Å²) >= 11 is 13.5. The van der Waals surface area contributed by atoms with Gasteiger partial charge in [-0.25, -0.2) is 4.98 Å². The Bertz CT molecular complexity index is 1030. The molecule has 156 valence electrons. The Hall–Kier alpha value is -2.61. The third-order valence-corrected chi connectivity index (χ3v) is 5.81. The number of hydrogen-bond acceptors (Lipinski definition) is 5. The number of halogens is 2. The molecule has 0 atom stereocenters. The van der Waals surface area contributed by atoms with Crippen LogP contribution in [0, 0.1) is 0 Å². The number of benzene rings is 2. The van der Waals surface area contributed by atoms with E-state index >= 15 is 0 Å². The maximum atomic E-state index is 12.9. The Kier molecular flexibility index (Phi) is 7.31. The summed E-state index contributed by atoms with van der Waals surface area (Å²) in [5.41, 5.74) is 1.50. The number of carbonyl (C=O) groups excluding carboxylic acids is 2. The number of likely N-dealkylation sites (N-methyl/N-ethyl adjacent to an activating group) is 1. The zero-order chi connectivity index (χ0) is 21.7. The summed E-state index contributed by atoms with van der Waals surface area (Å²) in [5, 5.41) is 5.72. The first kappa shape index (κ1) is 22.1. The zero-order valence-corrected chi connectivity index (χ0v) is 18.6. The molecule has 0 aliphatic rings. The highest BCUT2D eigenvalue weighted by Gasteiger charge is 2.21. The molecule has 0 unspecified atom stereocenters.